The van der Waals surface area contributed by atoms with Crippen molar-refractivity contribution in [3.63, 3.8) is 0 Å². The number of thiocarbonyl (C=S) groups is 1. The summed E-state index contributed by atoms with van der Waals surface area (Å²) in [6, 6.07) is 7.33. The molecule has 0 unspecified atom stereocenters. The van der Waals surface area contributed by atoms with Crippen LogP contribution in [-0.2, 0) is 28.6 Å². The number of quaternary nitrogens is 1. The predicted octanol–water partition coefficient (Wildman–Crippen LogP) is 1.58. The van der Waals surface area contributed by atoms with Crippen LogP contribution < -0.4 is 10.2 Å². The zero-order chi connectivity index (χ0) is 17.0. The van der Waals surface area contributed by atoms with Gasteiger partial charge in [-0.3, -0.25) is 4.79 Å². The maximum Gasteiger partial charge on any atom is 0.310 e. The van der Waals surface area contributed by atoms with Crippen LogP contribution in [0.3, 0.4) is 0 Å². The summed E-state index contributed by atoms with van der Waals surface area (Å²) in [6.45, 7) is 10.5. The van der Waals surface area contributed by atoms with E-state index in [0.29, 0.717) is 0 Å². The Morgan fingerprint density at radius 2 is 1.77 bits per heavy atom. The highest BCUT2D eigenvalue weighted by molar-refractivity contribution is 8.00. The van der Waals surface area contributed by atoms with E-state index in [0.717, 1.165) is 11.3 Å². The lowest BCUT2D eigenvalue weighted by Crippen LogP contribution is -3.11. The maximum atomic E-state index is 11.1. The van der Waals surface area contributed by atoms with Crippen molar-refractivity contribution in [2.45, 2.75) is 27.2 Å². The van der Waals surface area contributed by atoms with E-state index >= 15 is 0 Å². The second-order valence-corrected chi connectivity index (χ2v) is 5.71. The van der Waals surface area contributed by atoms with Gasteiger partial charge in [0.25, 0.3) is 0 Å². The van der Waals surface area contributed by atoms with Crippen LogP contribution in [0.15, 0.2) is 24.3 Å². The Balaban J connectivity index is 0.000000534. The molecule has 0 saturated heterocycles. The maximum absolute atomic E-state index is 11.1. The van der Waals surface area contributed by atoms with Crippen LogP contribution in [0, 0.1) is 0 Å². The third kappa shape index (κ3) is 8.92. The molecule has 0 bridgehead atoms. The van der Waals surface area contributed by atoms with E-state index in [4.69, 9.17) is 24.8 Å². The molecule has 22 heavy (non-hydrogen) atoms. The molecule has 0 atom stereocenters. The Kier molecular flexibility index (Phi) is 11.6. The summed E-state index contributed by atoms with van der Waals surface area (Å²) in [5, 5.41) is 2.84. The van der Waals surface area contributed by atoms with Gasteiger partial charge in [-0.25, -0.2) is 0 Å². The molecule has 0 heterocycles. The zero-order valence-electron chi connectivity index (χ0n) is 13.8. The molecule has 1 rings (SSSR count). The van der Waals surface area contributed by atoms with Crippen molar-refractivity contribution in [3.8, 4) is 0 Å². The van der Waals surface area contributed by atoms with Crippen molar-refractivity contribution in [3.05, 3.63) is 29.8 Å². The molecule has 124 valence electrons. The van der Waals surface area contributed by atoms with Crippen LogP contribution in [0.2, 0.25) is 0 Å². The van der Waals surface area contributed by atoms with Crippen LogP contribution in [-0.4, -0.2) is 37.0 Å². The molecule has 0 aromatic heterocycles. The smallest absolute Gasteiger partial charge is 0.310 e. The van der Waals surface area contributed by atoms with Gasteiger partial charge in [0.05, 0.1) is 33.2 Å². The van der Waals surface area contributed by atoms with Crippen molar-refractivity contribution in [1.82, 2.24) is 0 Å². The highest BCUT2D eigenvalue weighted by Crippen LogP contribution is 2.15. The fraction of sp³-hybridized carbons (Fsp3) is 0.500. The number of nitrogens with one attached hydrogen (secondary N) is 2. The first-order chi connectivity index (χ1) is 10.5. The van der Waals surface area contributed by atoms with Gasteiger partial charge in [-0.1, -0.05) is 22.5 Å². The van der Waals surface area contributed by atoms with Gasteiger partial charge in [-0.05, 0) is 32.4 Å². The normalized spacial score (nSPS) is 9.68. The molecular formula is C16H26N2O2S2. The number of benzene rings is 1. The molecule has 0 aliphatic rings. The summed E-state index contributed by atoms with van der Waals surface area (Å²) in [5.41, 5.74) is 1.57. The Hall–Kier alpha value is -1.24. The van der Waals surface area contributed by atoms with E-state index in [1.54, 1.807) is 4.90 Å². The van der Waals surface area contributed by atoms with Crippen molar-refractivity contribution >= 4 is 40.8 Å². The molecule has 2 N–H and O–H groups in total. The van der Waals surface area contributed by atoms with E-state index in [1.807, 2.05) is 24.3 Å². The van der Waals surface area contributed by atoms with E-state index in [-0.39, 0.29) is 16.7 Å². The summed E-state index contributed by atoms with van der Waals surface area (Å²) in [5.74, 6) is -0.292. The van der Waals surface area contributed by atoms with E-state index in [9.17, 15) is 4.79 Å². The molecule has 6 heteroatoms. The van der Waals surface area contributed by atoms with Gasteiger partial charge in [-0.2, -0.15) is 0 Å². The lowest BCUT2D eigenvalue weighted by molar-refractivity contribution is -0.894. The molecule has 0 aliphatic heterocycles. The first-order valence-electron chi connectivity index (χ1n) is 7.44. The van der Waals surface area contributed by atoms with Gasteiger partial charge in [-0.15, -0.1) is 0 Å². The summed E-state index contributed by atoms with van der Waals surface area (Å²) in [4.78, 5) is 12.8. The molecule has 0 radical (unpaired) electrons. The molecule has 4 nitrogen and oxygen atoms in total. The number of carbonyl (C=O) groups is 1. The average Bonchev–Trinajstić information content (AvgIpc) is 2.51. The highest BCUT2D eigenvalue weighted by Gasteiger charge is 2.06. The summed E-state index contributed by atoms with van der Waals surface area (Å²) >= 11 is 9.53. The van der Waals surface area contributed by atoms with E-state index < -0.39 is 0 Å². The Labute approximate surface area is 144 Å². The first-order valence-corrected chi connectivity index (χ1v) is 8.26. The minimum Gasteiger partial charge on any atom is -0.469 e. The lowest BCUT2D eigenvalue weighted by Gasteiger charge is -2.13. The number of para-hydroxylation sites is 1. The monoisotopic (exact) mass is 342 g/mol. The van der Waals surface area contributed by atoms with Crippen molar-refractivity contribution in [1.29, 1.82) is 0 Å². The van der Waals surface area contributed by atoms with E-state index in [1.165, 1.54) is 26.7 Å². The highest BCUT2D eigenvalue weighted by atomic mass is 32.1. The second-order valence-electron chi connectivity index (χ2n) is 4.63. The first kappa shape index (κ1) is 20.8. The van der Waals surface area contributed by atoms with Crippen LogP contribution in [0.25, 0.3) is 0 Å². The lowest BCUT2D eigenvalue weighted by atomic mass is 10.1. The van der Waals surface area contributed by atoms with Gasteiger partial charge in [0.1, 0.15) is 0 Å². The topological polar surface area (TPSA) is 42.8 Å². The van der Waals surface area contributed by atoms with Crippen molar-refractivity contribution in [2.24, 2.45) is 0 Å². The minimum atomic E-state index is -0.292. The quantitative estimate of drug-likeness (QED) is 0.467. The molecule has 1 aromatic carbocycles. The fourth-order valence-electron chi connectivity index (χ4n) is 1.88. The summed E-state index contributed by atoms with van der Waals surface area (Å²) in [6.07, 6.45) is 0.206. The number of anilines is 1. The third-order valence-corrected chi connectivity index (χ3v) is 3.52. The van der Waals surface area contributed by atoms with Gasteiger partial charge in [0.2, 0.25) is 0 Å². The Bertz CT molecular complexity index is 458. The van der Waals surface area contributed by atoms with Gasteiger partial charge in [0.15, 0.2) is 0 Å². The van der Waals surface area contributed by atoms with Crippen LogP contribution in [0.4, 0.5) is 5.69 Å². The second kappa shape index (κ2) is 12.3. The molecule has 0 saturated carbocycles. The average molecular weight is 343 g/mol. The number of carbonyl (C=O) groups excluding carboxylic acids is 1. The molecule has 0 amide bonds. The molecule has 0 spiro atoms. The fourth-order valence-corrected chi connectivity index (χ4v) is 2.10. The Morgan fingerprint density at radius 3 is 2.18 bits per heavy atom. The SMILES string of the molecule is CC[NH+](CC)CC.COC(=O)Cc1ccccc1NC(=S)[S-]. The number of methoxy groups -OCH3 is 1. The number of ether oxygens (including phenoxy) is 1. The van der Waals surface area contributed by atoms with Crippen LogP contribution in [0.1, 0.15) is 26.3 Å². The largest absolute Gasteiger partial charge is 0.469 e. The number of hydrogen-bond donors (Lipinski definition) is 2. The standard InChI is InChI=1S/C10H11NO2S2.C6H15N/c1-13-9(12)6-7-4-2-3-5-8(7)11-10(14)15;1-4-7(5-2)6-3/h2-5H,6H2,1H3,(H2,11,14,15);4-6H2,1-3H3. The molecule has 0 aliphatic carbocycles. The van der Waals surface area contributed by atoms with Gasteiger partial charge in [0, 0.05) is 5.69 Å². The number of esters is 1. The summed E-state index contributed by atoms with van der Waals surface area (Å²) < 4.78 is 4.85. The number of hydrogen-bond acceptors (Lipinski definition) is 4. The minimum absolute atomic E-state index is 0.206. The molecule has 0 fully saturated rings. The van der Waals surface area contributed by atoms with E-state index in [2.05, 4.69) is 30.8 Å². The van der Waals surface area contributed by atoms with Crippen molar-refractivity contribution in [2.75, 3.05) is 32.1 Å². The van der Waals surface area contributed by atoms with Gasteiger partial charge < -0.3 is 39.8 Å². The summed E-state index contributed by atoms with van der Waals surface area (Å²) in [7, 11) is 1.36. The zero-order valence-corrected chi connectivity index (χ0v) is 15.4. The Morgan fingerprint density at radius 1 is 1.23 bits per heavy atom. The van der Waals surface area contributed by atoms with Crippen LogP contribution in [0.5, 0.6) is 0 Å². The third-order valence-electron chi connectivity index (χ3n) is 3.32. The predicted molar refractivity (Wildman–Crippen MR) is 98.3 cm³/mol. The van der Waals surface area contributed by atoms with Gasteiger partial charge >= 0.3 is 5.97 Å². The number of rotatable bonds is 6. The van der Waals surface area contributed by atoms with Crippen molar-refractivity contribution < 1.29 is 14.4 Å². The molecule has 1 aromatic rings. The van der Waals surface area contributed by atoms with Crippen LogP contribution >= 0.6 is 12.2 Å². The molecular weight excluding hydrogens is 316 g/mol.